The number of nitrogens with zero attached hydrogens (tertiary/aromatic N) is 6. The molecule has 1 aliphatic rings. The molecule has 0 saturated carbocycles. The second-order valence-electron chi connectivity index (χ2n) is 10.5. The zero-order valence-corrected chi connectivity index (χ0v) is 21.8. The Bertz CT molecular complexity index is 1420. The largest absolute Gasteiger partial charge is 0.369 e. The molecule has 1 saturated heterocycles. The van der Waals surface area contributed by atoms with E-state index in [1.165, 1.54) is 11.3 Å². The molecule has 3 heterocycles. The summed E-state index contributed by atoms with van der Waals surface area (Å²) in [6.45, 7) is 13.8. The molecule has 0 aliphatic carbocycles. The van der Waals surface area contributed by atoms with E-state index >= 15 is 0 Å². The van der Waals surface area contributed by atoms with Crippen LogP contribution in [-0.4, -0.2) is 56.3 Å². The molecule has 1 fully saturated rings. The summed E-state index contributed by atoms with van der Waals surface area (Å²) in [7, 11) is 0. The smallest absolute Gasteiger partial charge is 0.253 e. The molecule has 0 spiro atoms. The first-order chi connectivity index (χ1) is 17.3. The zero-order chi connectivity index (χ0) is 25.4. The van der Waals surface area contributed by atoms with E-state index in [-0.39, 0.29) is 17.1 Å². The number of H-pyrrole nitrogens is 1. The van der Waals surface area contributed by atoms with E-state index in [0.717, 1.165) is 49.1 Å². The van der Waals surface area contributed by atoms with E-state index in [9.17, 15) is 4.79 Å². The number of para-hydroxylation sites is 1. The molecule has 5 rings (SSSR count). The number of tetrazole rings is 1. The normalized spacial score (nSPS) is 16.0. The van der Waals surface area contributed by atoms with E-state index in [2.05, 4.69) is 94.4 Å². The lowest BCUT2D eigenvalue weighted by Crippen LogP contribution is -2.49. The summed E-state index contributed by atoms with van der Waals surface area (Å²) in [4.78, 5) is 21.5. The van der Waals surface area contributed by atoms with Crippen molar-refractivity contribution in [1.82, 2.24) is 30.1 Å². The molecule has 1 atom stereocenters. The maximum Gasteiger partial charge on any atom is 0.253 e. The van der Waals surface area contributed by atoms with Crippen LogP contribution in [0.2, 0.25) is 0 Å². The molecule has 188 valence electrons. The summed E-state index contributed by atoms with van der Waals surface area (Å²) in [6.07, 6.45) is 0.867. The highest BCUT2D eigenvalue weighted by Gasteiger charge is 2.35. The fourth-order valence-corrected chi connectivity index (χ4v) is 5.23. The van der Waals surface area contributed by atoms with E-state index in [1.54, 1.807) is 0 Å². The highest BCUT2D eigenvalue weighted by atomic mass is 16.1. The minimum absolute atomic E-state index is 0.0891. The molecule has 0 amide bonds. The van der Waals surface area contributed by atoms with Crippen LogP contribution >= 0.6 is 0 Å². The monoisotopic (exact) mass is 485 g/mol. The Morgan fingerprint density at radius 2 is 1.75 bits per heavy atom. The van der Waals surface area contributed by atoms with Crippen molar-refractivity contribution in [2.75, 3.05) is 31.1 Å². The van der Waals surface area contributed by atoms with Gasteiger partial charge in [-0.15, -0.1) is 5.10 Å². The Hall–Kier alpha value is -3.52. The number of rotatable bonds is 6. The summed E-state index contributed by atoms with van der Waals surface area (Å²) >= 11 is 0. The van der Waals surface area contributed by atoms with Crippen LogP contribution in [-0.2, 0) is 5.54 Å². The van der Waals surface area contributed by atoms with Gasteiger partial charge >= 0.3 is 0 Å². The van der Waals surface area contributed by atoms with Gasteiger partial charge in [0.2, 0.25) is 0 Å². The average Bonchev–Trinajstić information content (AvgIpc) is 3.36. The van der Waals surface area contributed by atoms with Crippen molar-refractivity contribution < 1.29 is 0 Å². The van der Waals surface area contributed by atoms with Crippen LogP contribution < -0.4 is 10.5 Å². The van der Waals surface area contributed by atoms with Crippen LogP contribution in [0.1, 0.15) is 55.7 Å². The molecule has 8 nitrogen and oxygen atoms in total. The van der Waals surface area contributed by atoms with Gasteiger partial charge in [0.1, 0.15) is 6.04 Å². The van der Waals surface area contributed by atoms with Crippen LogP contribution in [0.4, 0.5) is 5.69 Å². The number of aryl methyl sites for hydroxylation is 2. The minimum atomic E-state index is -0.349. The highest BCUT2D eigenvalue weighted by Crippen LogP contribution is 2.32. The van der Waals surface area contributed by atoms with Crippen molar-refractivity contribution in [3.63, 3.8) is 0 Å². The van der Waals surface area contributed by atoms with Crippen LogP contribution in [0.5, 0.6) is 0 Å². The number of piperazine rings is 1. The number of hydrogen-bond acceptors (Lipinski definition) is 6. The Balaban J connectivity index is 1.60. The molecule has 0 unspecified atom stereocenters. The van der Waals surface area contributed by atoms with E-state index < -0.39 is 0 Å². The number of pyridine rings is 1. The van der Waals surface area contributed by atoms with Gasteiger partial charge in [-0.3, -0.25) is 9.69 Å². The van der Waals surface area contributed by atoms with Crippen LogP contribution in [0.15, 0.2) is 53.3 Å². The van der Waals surface area contributed by atoms with Gasteiger partial charge in [0, 0.05) is 37.4 Å². The van der Waals surface area contributed by atoms with Crippen molar-refractivity contribution in [2.45, 2.75) is 52.6 Å². The van der Waals surface area contributed by atoms with Gasteiger partial charge in [0.05, 0.1) is 11.1 Å². The summed E-state index contributed by atoms with van der Waals surface area (Å²) in [6, 6.07) is 16.4. The first-order valence-corrected chi connectivity index (χ1v) is 12.8. The van der Waals surface area contributed by atoms with Gasteiger partial charge in [-0.1, -0.05) is 36.8 Å². The molecule has 2 aromatic carbocycles. The number of aromatic amines is 1. The molecule has 1 N–H and O–H groups in total. The Morgan fingerprint density at radius 3 is 2.44 bits per heavy atom. The lowest BCUT2D eigenvalue weighted by atomic mass is 9.98. The van der Waals surface area contributed by atoms with Crippen molar-refractivity contribution in [3.8, 4) is 0 Å². The topological polar surface area (TPSA) is 82.9 Å². The van der Waals surface area contributed by atoms with E-state index in [1.807, 2.05) is 23.7 Å². The molecule has 0 radical (unpaired) electrons. The minimum Gasteiger partial charge on any atom is -0.369 e. The predicted molar refractivity (Wildman–Crippen MR) is 144 cm³/mol. The number of nitrogens with one attached hydrogen (secondary N) is 1. The Morgan fingerprint density at radius 1 is 1.03 bits per heavy atom. The second kappa shape index (κ2) is 9.50. The third kappa shape index (κ3) is 4.41. The number of hydrogen-bond donors (Lipinski definition) is 1. The van der Waals surface area contributed by atoms with Crippen LogP contribution in [0.25, 0.3) is 10.9 Å². The Labute approximate surface area is 211 Å². The van der Waals surface area contributed by atoms with E-state index in [0.29, 0.717) is 11.4 Å². The quantitative estimate of drug-likeness (QED) is 0.441. The van der Waals surface area contributed by atoms with Crippen molar-refractivity contribution in [1.29, 1.82) is 0 Å². The zero-order valence-electron chi connectivity index (χ0n) is 21.8. The number of benzene rings is 2. The van der Waals surface area contributed by atoms with E-state index in [4.69, 9.17) is 0 Å². The lowest BCUT2D eigenvalue weighted by Gasteiger charge is -2.40. The summed E-state index contributed by atoms with van der Waals surface area (Å²) < 4.78 is 1.91. The average molecular weight is 486 g/mol. The highest BCUT2D eigenvalue weighted by molar-refractivity contribution is 5.83. The number of aromatic nitrogens is 5. The molecule has 8 heteroatoms. The SMILES string of the molecule is CCC(C)(C)n1nnnc1[C@H](c1cc2cc(C)cc(C)c2[nH]c1=O)N1CCN(c2ccccc2)CC1. The molecule has 1 aliphatic heterocycles. The molecular weight excluding hydrogens is 450 g/mol. The van der Waals surface area contributed by atoms with Gasteiger partial charge in [-0.05, 0) is 79.8 Å². The van der Waals surface area contributed by atoms with Gasteiger partial charge in [-0.2, -0.15) is 0 Å². The maximum atomic E-state index is 13.6. The summed E-state index contributed by atoms with van der Waals surface area (Å²) in [5, 5.41) is 14.0. The van der Waals surface area contributed by atoms with Crippen LogP contribution in [0.3, 0.4) is 0 Å². The molecule has 2 aromatic heterocycles. The summed E-state index contributed by atoms with van der Waals surface area (Å²) in [5.41, 5.74) is 4.66. The van der Waals surface area contributed by atoms with Crippen LogP contribution in [0, 0.1) is 13.8 Å². The van der Waals surface area contributed by atoms with Crippen molar-refractivity contribution in [2.24, 2.45) is 0 Å². The standard InChI is InChI=1S/C28H35N7O/c1-6-28(4,5)35-26(30-31-32-35)25(34-14-12-33(13-15-34)22-10-8-7-9-11-22)23-18-21-17-19(2)16-20(3)24(21)29-27(23)36/h7-11,16-18,25H,6,12-15H2,1-5H3,(H,29,36)/t25-/m0/s1. The summed E-state index contributed by atoms with van der Waals surface area (Å²) in [5.74, 6) is 0.712. The third-order valence-electron chi connectivity index (χ3n) is 7.59. The fraction of sp³-hybridized carbons (Fsp3) is 0.429. The molecule has 4 aromatic rings. The predicted octanol–water partition coefficient (Wildman–Crippen LogP) is 4.19. The first-order valence-electron chi connectivity index (χ1n) is 12.8. The molecule has 0 bridgehead atoms. The van der Waals surface area contributed by atoms with Gasteiger partial charge < -0.3 is 9.88 Å². The second-order valence-corrected chi connectivity index (χ2v) is 10.5. The Kier molecular flexibility index (Phi) is 6.38. The maximum absolute atomic E-state index is 13.6. The van der Waals surface area contributed by atoms with Gasteiger partial charge in [-0.25, -0.2) is 4.68 Å². The van der Waals surface area contributed by atoms with Gasteiger partial charge in [0.15, 0.2) is 5.82 Å². The number of anilines is 1. The van der Waals surface area contributed by atoms with Gasteiger partial charge in [0.25, 0.3) is 5.56 Å². The fourth-order valence-electron chi connectivity index (χ4n) is 5.23. The third-order valence-corrected chi connectivity index (χ3v) is 7.59. The lowest BCUT2D eigenvalue weighted by molar-refractivity contribution is 0.186. The number of fused-ring (bicyclic) bond motifs is 1. The van der Waals surface area contributed by atoms with Crippen molar-refractivity contribution >= 4 is 16.6 Å². The molecular formula is C28H35N7O. The van der Waals surface area contributed by atoms with Crippen molar-refractivity contribution in [3.05, 3.63) is 81.4 Å². The molecule has 36 heavy (non-hydrogen) atoms. The first kappa shape index (κ1) is 24.2.